The van der Waals surface area contributed by atoms with Gasteiger partial charge in [-0.2, -0.15) is 13.2 Å². The highest BCUT2D eigenvalue weighted by Crippen LogP contribution is 2.45. The normalized spacial score (nSPS) is 23.9. The van der Waals surface area contributed by atoms with E-state index in [-0.39, 0.29) is 19.4 Å². The maximum atomic E-state index is 14.5. The Morgan fingerprint density at radius 2 is 1.69 bits per heavy atom. The summed E-state index contributed by atoms with van der Waals surface area (Å²) in [6.45, 7) is 1.73. The fraction of sp³-hybridized carbons (Fsp3) is 0.625. The molecule has 0 aromatic heterocycles. The second-order valence-electron chi connectivity index (χ2n) is 6.86. The highest BCUT2D eigenvalue weighted by molar-refractivity contribution is 7.90. The van der Waals surface area contributed by atoms with Gasteiger partial charge in [0.1, 0.15) is 16.4 Å². The molecule has 1 aromatic carbocycles. The number of hydrogen-bond donors (Lipinski definition) is 2. The fourth-order valence-electron chi connectivity index (χ4n) is 3.39. The number of alkyl halides is 3. The first-order valence-corrected chi connectivity index (χ1v) is 11.8. The molecule has 0 amide bonds. The van der Waals surface area contributed by atoms with Gasteiger partial charge in [0.05, 0.1) is 0 Å². The summed E-state index contributed by atoms with van der Waals surface area (Å²) in [6.07, 6.45) is -0.972. The number of nitrogens with one attached hydrogen (secondary N) is 2. The van der Waals surface area contributed by atoms with Crippen LogP contribution < -0.4 is 9.44 Å². The number of halogens is 5. The summed E-state index contributed by atoms with van der Waals surface area (Å²) in [4.78, 5) is 0. The Morgan fingerprint density at radius 1 is 1.10 bits per heavy atom. The maximum absolute atomic E-state index is 14.5. The van der Waals surface area contributed by atoms with Gasteiger partial charge in [0.25, 0.3) is 0 Å². The zero-order chi connectivity index (χ0) is 22.1. The molecule has 0 spiro atoms. The summed E-state index contributed by atoms with van der Waals surface area (Å²) in [5.74, 6) is -1.84. The van der Waals surface area contributed by atoms with E-state index in [0.29, 0.717) is 6.42 Å². The molecular formula is C16H21F5N2O4S2. The van der Waals surface area contributed by atoms with E-state index in [0.717, 1.165) is 18.2 Å². The Hall–Kier alpha value is -1.31. The van der Waals surface area contributed by atoms with Crippen molar-refractivity contribution in [3.8, 4) is 0 Å². The van der Waals surface area contributed by atoms with Gasteiger partial charge in [-0.25, -0.2) is 35.1 Å². The quantitative estimate of drug-likeness (QED) is 0.607. The molecule has 29 heavy (non-hydrogen) atoms. The number of benzene rings is 1. The van der Waals surface area contributed by atoms with Crippen molar-refractivity contribution in [2.45, 2.75) is 55.3 Å². The van der Waals surface area contributed by atoms with Crippen molar-refractivity contribution in [1.29, 1.82) is 0 Å². The lowest BCUT2D eigenvalue weighted by atomic mass is 9.81. The molecule has 2 N–H and O–H groups in total. The molecule has 0 aliphatic heterocycles. The topological polar surface area (TPSA) is 92.3 Å². The van der Waals surface area contributed by atoms with Gasteiger partial charge in [0, 0.05) is 18.2 Å². The molecule has 0 unspecified atom stereocenters. The highest BCUT2D eigenvalue weighted by Gasteiger charge is 2.52. The zero-order valence-electron chi connectivity index (χ0n) is 15.4. The SMILES string of the molecule is CCCNS(=O)(=O)C1(c2cc(F)ccc2F)CCC(NS(=O)(=O)C(F)(F)F)CC1. The second-order valence-corrected chi connectivity index (χ2v) is 10.6. The van der Waals surface area contributed by atoms with Gasteiger partial charge in [0.2, 0.25) is 10.0 Å². The van der Waals surface area contributed by atoms with Crippen LogP contribution in [-0.2, 0) is 24.8 Å². The van der Waals surface area contributed by atoms with Gasteiger partial charge >= 0.3 is 15.5 Å². The van der Waals surface area contributed by atoms with E-state index in [4.69, 9.17) is 0 Å². The van der Waals surface area contributed by atoms with Gasteiger partial charge in [-0.15, -0.1) is 0 Å². The molecule has 1 aliphatic carbocycles. The number of sulfonamides is 2. The van der Waals surface area contributed by atoms with Crippen molar-refractivity contribution in [3.63, 3.8) is 0 Å². The molecule has 0 heterocycles. The smallest absolute Gasteiger partial charge is 0.214 e. The van der Waals surface area contributed by atoms with Crippen molar-refractivity contribution in [2.24, 2.45) is 0 Å². The number of rotatable bonds is 7. The average Bonchev–Trinajstić information content (AvgIpc) is 2.61. The Bertz CT molecular complexity index is 941. The van der Waals surface area contributed by atoms with E-state index < -0.39 is 66.4 Å². The van der Waals surface area contributed by atoms with Crippen molar-refractivity contribution in [3.05, 3.63) is 35.4 Å². The predicted molar refractivity (Wildman–Crippen MR) is 95.6 cm³/mol. The minimum Gasteiger partial charge on any atom is -0.214 e. The predicted octanol–water partition coefficient (Wildman–Crippen LogP) is 2.87. The molecule has 1 fully saturated rings. The van der Waals surface area contributed by atoms with Gasteiger partial charge in [-0.1, -0.05) is 6.92 Å². The van der Waals surface area contributed by atoms with Crippen LogP contribution in [0.15, 0.2) is 18.2 Å². The lowest BCUT2D eigenvalue weighted by Crippen LogP contribution is -2.51. The Labute approximate surface area is 166 Å². The third-order valence-corrected chi connectivity index (χ3v) is 8.39. The summed E-state index contributed by atoms with van der Waals surface area (Å²) in [5.41, 5.74) is -5.94. The molecule has 1 aliphatic rings. The van der Waals surface area contributed by atoms with Crippen LogP contribution >= 0.6 is 0 Å². The van der Waals surface area contributed by atoms with E-state index in [1.807, 2.05) is 0 Å². The van der Waals surface area contributed by atoms with Crippen molar-refractivity contribution in [2.75, 3.05) is 6.54 Å². The Morgan fingerprint density at radius 3 is 2.21 bits per heavy atom. The molecule has 1 saturated carbocycles. The van der Waals surface area contributed by atoms with Gasteiger partial charge in [0.15, 0.2) is 0 Å². The first-order chi connectivity index (χ1) is 13.3. The van der Waals surface area contributed by atoms with Gasteiger partial charge in [-0.05, 0) is 50.3 Å². The minimum absolute atomic E-state index is 0.0329. The van der Waals surface area contributed by atoms with Crippen LogP contribution in [0.1, 0.15) is 44.6 Å². The van der Waals surface area contributed by atoms with Crippen LogP contribution in [0, 0.1) is 11.6 Å². The van der Waals surface area contributed by atoms with Gasteiger partial charge in [-0.3, -0.25) is 0 Å². The van der Waals surface area contributed by atoms with Crippen LogP contribution in [0.25, 0.3) is 0 Å². The zero-order valence-corrected chi connectivity index (χ0v) is 17.0. The van der Waals surface area contributed by atoms with Crippen LogP contribution in [0.2, 0.25) is 0 Å². The third-order valence-electron chi connectivity index (χ3n) is 4.90. The van der Waals surface area contributed by atoms with Crippen LogP contribution in [0.5, 0.6) is 0 Å². The fourth-order valence-corrected chi connectivity index (χ4v) is 6.17. The summed E-state index contributed by atoms with van der Waals surface area (Å²) >= 11 is 0. The first kappa shape index (κ1) is 24.0. The molecule has 0 atom stereocenters. The second kappa shape index (κ2) is 8.44. The molecular weight excluding hydrogens is 443 g/mol. The summed E-state index contributed by atoms with van der Waals surface area (Å²) in [6, 6.07) is 1.16. The molecule has 13 heteroatoms. The van der Waals surface area contributed by atoms with Crippen LogP contribution in [0.4, 0.5) is 22.0 Å². The molecule has 2 rings (SSSR count). The molecule has 6 nitrogen and oxygen atoms in total. The standard InChI is InChI=1S/C16H21F5N2O4S2/c1-2-9-22-28(24,25)15(13-10-11(17)3-4-14(13)18)7-5-12(6-8-15)23-29(26,27)16(19,20)21/h3-4,10,12,22-23H,2,5-9H2,1H3. The van der Waals surface area contributed by atoms with Gasteiger partial charge < -0.3 is 0 Å². The third kappa shape index (κ3) is 4.89. The average molecular weight is 464 g/mol. The molecule has 0 saturated heterocycles. The molecule has 0 bridgehead atoms. The van der Waals surface area contributed by atoms with Crippen molar-refractivity contribution >= 4 is 20.0 Å². The number of hydrogen-bond acceptors (Lipinski definition) is 4. The Balaban J connectivity index is 2.40. The lowest BCUT2D eigenvalue weighted by molar-refractivity contribution is -0.0452. The summed E-state index contributed by atoms with van der Waals surface area (Å²) in [7, 11) is -9.86. The van der Waals surface area contributed by atoms with Crippen LogP contribution in [0.3, 0.4) is 0 Å². The minimum atomic E-state index is -5.61. The van der Waals surface area contributed by atoms with Crippen LogP contribution in [-0.4, -0.2) is 34.9 Å². The maximum Gasteiger partial charge on any atom is 0.511 e. The molecule has 166 valence electrons. The summed E-state index contributed by atoms with van der Waals surface area (Å²) in [5, 5.41) is 0. The van der Waals surface area contributed by atoms with E-state index in [9.17, 15) is 38.8 Å². The highest BCUT2D eigenvalue weighted by atomic mass is 32.2. The monoisotopic (exact) mass is 464 g/mol. The van der Waals surface area contributed by atoms with E-state index in [1.165, 1.54) is 4.72 Å². The summed E-state index contributed by atoms with van der Waals surface area (Å²) < 4.78 is 116. The first-order valence-electron chi connectivity index (χ1n) is 8.79. The van der Waals surface area contributed by atoms with E-state index in [1.54, 1.807) is 6.92 Å². The van der Waals surface area contributed by atoms with Crippen molar-refractivity contribution < 1.29 is 38.8 Å². The molecule has 1 aromatic rings. The lowest BCUT2D eigenvalue weighted by Gasteiger charge is -2.40. The molecule has 0 radical (unpaired) electrons. The van der Waals surface area contributed by atoms with E-state index >= 15 is 0 Å². The Kier molecular flexibility index (Phi) is 6.97. The largest absolute Gasteiger partial charge is 0.511 e. The van der Waals surface area contributed by atoms with E-state index in [2.05, 4.69) is 4.72 Å². The van der Waals surface area contributed by atoms with Crippen molar-refractivity contribution in [1.82, 2.24) is 9.44 Å².